The zero-order valence-electron chi connectivity index (χ0n) is 8.37. The third-order valence-electron chi connectivity index (χ3n) is 1.93. The summed E-state index contributed by atoms with van der Waals surface area (Å²) in [6, 6.07) is -1.08. The van der Waals surface area contributed by atoms with E-state index < -0.39 is 43.5 Å². The van der Waals surface area contributed by atoms with Crippen molar-refractivity contribution >= 4 is 5.91 Å². The van der Waals surface area contributed by atoms with Gasteiger partial charge in [-0.3, -0.25) is 4.79 Å². The summed E-state index contributed by atoms with van der Waals surface area (Å²) in [7, 11) is 0. The zero-order chi connectivity index (χ0) is 12.0. The van der Waals surface area contributed by atoms with E-state index in [2.05, 4.69) is 5.32 Å². The van der Waals surface area contributed by atoms with Gasteiger partial charge in [-0.15, -0.1) is 0 Å². The van der Waals surface area contributed by atoms with Crippen LogP contribution in [0.5, 0.6) is 0 Å². The molecule has 7 nitrogen and oxygen atoms in total. The second-order valence-electron chi connectivity index (χ2n) is 3.22. The molecule has 6 N–H and O–H groups in total. The number of aliphatic hydroxyl groups is 5. The number of rotatable bonds is 6. The lowest BCUT2D eigenvalue weighted by atomic mass is 10.0. The molecule has 90 valence electrons. The van der Waals surface area contributed by atoms with Crippen molar-refractivity contribution in [3.05, 3.63) is 0 Å². The van der Waals surface area contributed by atoms with Gasteiger partial charge >= 0.3 is 0 Å². The van der Waals surface area contributed by atoms with Crippen LogP contribution in [0.2, 0.25) is 0 Å². The molecule has 0 saturated carbocycles. The van der Waals surface area contributed by atoms with E-state index in [1.807, 2.05) is 0 Å². The number of amides is 1. The summed E-state index contributed by atoms with van der Waals surface area (Å²) in [4.78, 5) is 10.7. The van der Waals surface area contributed by atoms with E-state index in [-0.39, 0.29) is 0 Å². The second kappa shape index (κ2) is 6.70. The van der Waals surface area contributed by atoms with Crippen molar-refractivity contribution < 1.29 is 30.3 Å². The Morgan fingerprint density at radius 3 is 2.00 bits per heavy atom. The van der Waals surface area contributed by atoms with Crippen LogP contribution < -0.4 is 5.32 Å². The summed E-state index contributed by atoms with van der Waals surface area (Å²) in [6.07, 6.45) is -4.72. The molecule has 0 aromatic heterocycles. The Morgan fingerprint density at radius 1 is 1.13 bits per heavy atom. The number of aliphatic hydroxyl groups excluding tert-OH is 5. The number of carbonyl (C=O) groups excluding carboxylic acids is 1. The van der Waals surface area contributed by atoms with Crippen molar-refractivity contribution in [2.75, 3.05) is 13.2 Å². The first-order valence-corrected chi connectivity index (χ1v) is 4.47. The third kappa shape index (κ3) is 4.54. The maximum atomic E-state index is 10.7. The van der Waals surface area contributed by atoms with Crippen molar-refractivity contribution in [3.8, 4) is 0 Å². The first-order chi connectivity index (χ1) is 6.93. The summed E-state index contributed by atoms with van der Waals surface area (Å²) in [6.45, 7) is -0.128. The second-order valence-corrected chi connectivity index (χ2v) is 3.22. The Labute approximate surface area is 87.0 Å². The van der Waals surface area contributed by atoms with Crippen LogP contribution in [-0.2, 0) is 4.79 Å². The molecule has 0 radical (unpaired) electrons. The van der Waals surface area contributed by atoms with Gasteiger partial charge in [-0.05, 0) is 0 Å². The monoisotopic (exact) mass is 223 g/mol. The molecule has 0 rings (SSSR count). The summed E-state index contributed by atoms with van der Waals surface area (Å²) in [5.74, 6) is -0.487. The van der Waals surface area contributed by atoms with E-state index >= 15 is 0 Å². The van der Waals surface area contributed by atoms with Gasteiger partial charge < -0.3 is 30.8 Å². The normalized spacial score (nSPS) is 19.1. The maximum absolute atomic E-state index is 10.7. The van der Waals surface area contributed by atoms with Crippen molar-refractivity contribution in [2.24, 2.45) is 0 Å². The van der Waals surface area contributed by atoms with Crippen molar-refractivity contribution in [2.45, 2.75) is 31.3 Å². The molecule has 0 bridgehead atoms. The van der Waals surface area contributed by atoms with Gasteiger partial charge in [-0.1, -0.05) is 0 Å². The highest BCUT2D eigenvalue weighted by Crippen LogP contribution is 2.04. The van der Waals surface area contributed by atoms with Gasteiger partial charge in [0, 0.05) is 6.92 Å². The maximum Gasteiger partial charge on any atom is 0.217 e. The molecule has 0 heterocycles. The molecule has 0 aliphatic carbocycles. The molecule has 0 unspecified atom stereocenters. The fourth-order valence-corrected chi connectivity index (χ4v) is 1.07. The van der Waals surface area contributed by atoms with Gasteiger partial charge in [-0.25, -0.2) is 0 Å². The lowest BCUT2D eigenvalue weighted by Crippen LogP contribution is -2.53. The third-order valence-corrected chi connectivity index (χ3v) is 1.93. The molecule has 0 spiro atoms. The van der Waals surface area contributed by atoms with E-state index in [1.165, 1.54) is 6.92 Å². The van der Waals surface area contributed by atoms with Crippen molar-refractivity contribution in [3.63, 3.8) is 0 Å². The summed E-state index contributed by atoms with van der Waals surface area (Å²) in [5.41, 5.74) is 0. The highest BCUT2D eigenvalue weighted by atomic mass is 16.4. The molecule has 0 saturated heterocycles. The minimum atomic E-state index is -1.64. The Hall–Kier alpha value is -0.730. The fourth-order valence-electron chi connectivity index (χ4n) is 1.07. The van der Waals surface area contributed by atoms with Crippen LogP contribution in [0.25, 0.3) is 0 Å². The summed E-state index contributed by atoms with van der Waals surface area (Å²) >= 11 is 0. The van der Waals surface area contributed by atoms with E-state index in [9.17, 15) is 15.0 Å². The summed E-state index contributed by atoms with van der Waals surface area (Å²) in [5, 5.41) is 47.3. The Balaban J connectivity index is 4.35. The van der Waals surface area contributed by atoms with Crippen molar-refractivity contribution in [1.29, 1.82) is 0 Å². The molecule has 4 atom stereocenters. The molecule has 0 fully saturated rings. The van der Waals surface area contributed by atoms with Crippen LogP contribution in [0.15, 0.2) is 0 Å². The SMILES string of the molecule is CC(=O)N[C@H](CO)[C@@H](O)[C@@H](O)[C@H](O)CO. The number of nitrogens with one attached hydrogen (secondary N) is 1. The molecular formula is C8H17NO6. The molecule has 7 heteroatoms. The van der Waals surface area contributed by atoms with E-state index in [4.69, 9.17) is 15.3 Å². The van der Waals surface area contributed by atoms with Crippen LogP contribution in [0.4, 0.5) is 0 Å². The predicted molar refractivity (Wildman–Crippen MR) is 49.8 cm³/mol. The average molecular weight is 223 g/mol. The number of carbonyl (C=O) groups is 1. The molecule has 0 aliphatic heterocycles. The molecule has 0 aliphatic rings. The largest absolute Gasteiger partial charge is 0.394 e. The molecular weight excluding hydrogens is 206 g/mol. The van der Waals surface area contributed by atoms with Gasteiger partial charge in [-0.2, -0.15) is 0 Å². The number of hydrogen-bond donors (Lipinski definition) is 6. The van der Waals surface area contributed by atoms with E-state index in [1.54, 1.807) is 0 Å². The molecule has 0 aromatic carbocycles. The standard InChI is InChI=1S/C8H17NO6/c1-4(12)9-5(2-10)7(14)8(15)6(13)3-11/h5-8,10-11,13-15H,2-3H2,1H3,(H,9,12)/t5-,6-,7-,8+/m1/s1. The molecule has 15 heavy (non-hydrogen) atoms. The smallest absolute Gasteiger partial charge is 0.217 e. The van der Waals surface area contributed by atoms with Crippen LogP contribution >= 0.6 is 0 Å². The first-order valence-electron chi connectivity index (χ1n) is 4.47. The topological polar surface area (TPSA) is 130 Å². The lowest BCUT2D eigenvalue weighted by Gasteiger charge is -2.27. The zero-order valence-corrected chi connectivity index (χ0v) is 8.37. The Kier molecular flexibility index (Phi) is 6.37. The quantitative estimate of drug-likeness (QED) is 0.278. The lowest BCUT2D eigenvalue weighted by molar-refractivity contribution is -0.124. The van der Waals surface area contributed by atoms with Gasteiger partial charge in [0.05, 0.1) is 19.3 Å². The van der Waals surface area contributed by atoms with Gasteiger partial charge in [0.25, 0.3) is 0 Å². The highest BCUT2D eigenvalue weighted by molar-refractivity contribution is 5.73. The van der Waals surface area contributed by atoms with Crippen LogP contribution in [0, 0.1) is 0 Å². The van der Waals surface area contributed by atoms with Crippen molar-refractivity contribution in [1.82, 2.24) is 5.32 Å². The number of hydrogen-bond acceptors (Lipinski definition) is 6. The molecule has 0 aromatic rings. The Bertz CT molecular complexity index is 200. The Morgan fingerprint density at radius 2 is 1.67 bits per heavy atom. The van der Waals surface area contributed by atoms with Crippen LogP contribution in [-0.4, -0.2) is 69.0 Å². The van der Waals surface area contributed by atoms with Gasteiger partial charge in [0.15, 0.2) is 0 Å². The molecule has 1 amide bonds. The fraction of sp³-hybridized carbons (Fsp3) is 0.875. The first kappa shape index (κ1) is 14.3. The minimum Gasteiger partial charge on any atom is -0.394 e. The predicted octanol–water partition coefficient (Wildman–Crippen LogP) is -3.44. The van der Waals surface area contributed by atoms with Crippen LogP contribution in [0.1, 0.15) is 6.92 Å². The minimum absolute atomic E-state index is 0.487. The van der Waals surface area contributed by atoms with E-state index in [0.717, 1.165) is 0 Å². The van der Waals surface area contributed by atoms with Crippen LogP contribution in [0.3, 0.4) is 0 Å². The van der Waals surface area contributed by atoms with Gasteiger partial charge in [0.2, 0.25) is 5.91 Å². The summed E-state index contributed by atoms with van der Waals surface area (Å²) < 4.78 is 0. The van der Waals surface area contributed by atoms with Gasteiger partial charge in [0.1, 0.15) is 18.3 Å². The average Bonchev–Trinajstić information content (AvgIpc) is 2.22. The van der Waals surface area contributed by atoms with E-state index in [0.29, 0.717) is 0 Å². The highest BCUT2D eigenvalue weighted by Gasteiger charge is 2.31.